The Kier molecular flexibility index (Phi) is 5.78. The maximum absolute atomic E-state index is 11.9. The molecule has 0 spiro atoms. The van der Waals surface area contributed by atoms with Crippen LogP contribution in [0.5, 0.6) is 0 Å². The molecule has 1 aromatic carbocycles. The van der Waals surface area contributed by atoms with E-state index in [1.807, 2.05) is 44.2 Å². The highest BCUT2D eigenvalue weighted by Crippen LogP contribution is 2.22. The maximum atomic E-state index is 11.9. The van der Waals surface area contributed by atoms with Gasteiger partial charge in [0.2, 0.25) is 10.0 Å². The first-order valence-corrected chi connectivity index (χ1v) is 7.65. The Morgan fingerprint density at radius 3 is 2.33 bits per heavy atom. The Bertz CT molecular complexity index is 443. The van der Waals surface area contributed by atoms with E-state index < -0.39 is 10.0 Å². The van der Waals surface area contributed by atoms with Crippen LogP contribution in [0.15, 0.2) is 30.3 Å². The smallest absolute Gasteiger partial charge is 0.214 e. The minimum absolute atomic E-state index is 0.0143. The first kappa shape index (κ1) is 15.1. The lowest BCUT2D eigenvalue weighted by molar-refractivity contribution is 0.216. The van der Waals surface area contributed by atoms with Crippen LogP contribution < -0.4 is 4.72 Å². The second-order valence-electron chi connectivity index (χ2n) is 4.56. The predicted octanol–water partition coefficient (Wildman–Crippen LogP) is 1.95. The molecular weight excluding hydrogens is 250 g/mol. The molecule has 0 aliphatic heterocycles. The molecule has 0 bridgehead atoms. The van der Waals surface area contributed by atoms with Crippen molar-refractivity contribution < 1.29 is 13.2 Å². The standard InChI is InChI=1S/C13H21NO3S/c1-11(2)13(12-7-5-4-6-8-12)14-18(15,16)10-9-17-3/h4-8,11,13-14H,9-10H2,1-3H3. The lowest BCUT2D eigenvalue weighted by Crippen LogP contribution is -2.34. The molecule has 18 heavy (non-hydrogen) atoms. The molecule has 1 N–H and O–H groups in total. The average Bonchev–Trinajstić information content (AvgIpc) is 2.34. The summed E-state index contributed by atoms with van der Waals surface area (Å²) >= 11 is 0. The van der Waals surface area contributed by atoms with Crippen LogP contribution in [0.25, 0.3) is 0 Å². The summed E-state index contributed by atoms with van der Waals surface area (Å²) in [6, 6.07) is 9.41. The van der Waals surface area contributed by atoms with E-state index >= 15 is 0 Å². The van der Waals surface area contributed by atoms with Gasteiger partial charge in [-0.05, 0) is 11.5 Å². The van der Waals surface area contributed by atoms with Crippen molar-refractivity contribution >= 4 is 10.0 Å². The normalized spacial score (nSPS) is 13.8. The second-order valence-corrected chi connectivity index (χ2v) is 6.44. The van der Waals surface area contributed by atoms with Gasteiger partial charge in [-0.1, -0.05) is 44.2 Å². The van der Waals surface area contributed by atoms with E-state index in [2.05, 4.69) is 4.72 Å². The van der Waals surface area contributed by atoms with Crippen LogP contribution in [-0.4, -0.2) is 27.9 Å². The molecular formula is C13H21NO3S. The number of ether oxygens (including phenoxy) is 1. The van der Waals surface area contributed by atoms with Crippen molar-refractivity contribution in [2.45, 2.75) is 19.9 Å². The summed E-state index contributed by atoms with van der Waals surface area (Å²) in [6.45, 7) is 4.20. The summed E-state index contributed by atoms with van der Waals surface area (Å²) in [5.41, 5.74) is 0.980. The zero-order valence-corrected chi connectivity index (χ0v) is 11.9. The monoisotopic (exact) mass is 271 g/mol. The number of benzene rings is 1. The van der Waals surface area contributed by atoms with Crippen molar-refractivity contribution in [3.63, 3.8) is 0 Å². The quantitative estimate of drug-likeness (QED) is 0.824. The van der Waals surface area contributed by atoms with E-state index in [4.69, 9.17) is 4.74 Å². The van der Waals surface area contributed by atoms with E-state index in [1.165, 1.54) is 7.11 Å². The Labute approximate surface area is 109 Å². The molecule has 0 saturated heterocycles. The molecule has 0 saturated carbocycles. The van der Waals surface area contributed by atoms with Crippen LogP contribution in [0.3, 0.4) is 0 Å². The molecule has 102 valence electrons. The minimum atomic E-state index is -3.31. The Morgan fingerprint density at radius 2 is 1.83 bits per heavy atom. The van der Waals surface area contributed by atoms with E-state index in [1.54, 1.807) is 0 Å². The van der Waals surface area contributed by atoms with E-state index in [-0.39, 0.29) is 24.3 Å². The fourth-order valence-corrected chi connectivity index (χ4v) is 2.99. The third-order valence-corrected chi connectivity index (χ3v) is 4.01. The largest absolute Gasteiger partial charge is 0.384 e. The van der Waals surface area contributed by atoms with E-state index in [0.29, 0.717) is 0 Å². The fourth-order valence-electron chi connectivity index (χ4n) is 1.69. The second kappa shape index (κ2) is 6.87. The highest BCUT2D eigenvalue weighted by atomic mass is 32.2. The van der Waals surface area contributed by atoms with Gasteiger partial charge in [-0.25, -0.2) is 13.1 Å². The van der Waals surface area contributed by atoms with Crippen molar-refractivity contribution in [1.82, 2.24) is 4.72 Å². The summed E-state index contributed by atoms with van der Waals surface area (Å²) in [6.07, 6.45) is 0. The summed E-state index contributed by atoms with van der Waals surface area (Å²) in [5, 5.41) is 0. The van der Waals surface area contributed by atoms with E-state index in [0.717, 1.165) is 5.56 Å². The number of methoxy groups -OCH3 is 1. The first-order chi connectivity index (χ1) is 8.46. The van der Waals surface area contributed by atoms with Crippen LogP contribution >= 0.6 is 0 Å². The van der Waals surface area contributed by atoms with Crippen molar-refractivity contribution in [2.75, 3.05) is 19.5 Å². The van der Waals surface area contributed by atoms with Gasteiger partial charge in [-0.3, -0.25) is 0 Å². The van der Waals surface area contributed by atoms with Crippen molar-refractivity contribution in [2.24, 2.45) is 5.92 Å². The van der Waals surface area contributed by atoms with Crippen LogP contribution in [0.4, 0.5) is 0 Å². The molecule has 0 heterocycles. The maximum Gasteiger partial charge on any atom is 0.214 e. The molecule has 0 aliphatic carbocycles. The molecule has 1 aromatic rings. The molecule has 0 aliphatic rings. The molecule has 0 amide bonds. The van der Waals surface area contributed by atoms with Gasteiger partial charge in [-0.15, -0.1) is 0 Å². The van der Waals surface area contributed by atoms with Gasteiger partial charge >= 0.3 is 0 Å². The topological polar surface area (TPSA) is 55.4 Å². The molecule has 1 atom stereocenters. The number of hydrogen-bond donors (Lipinski definition) is 1. The molecule has 0 radical (unpaired) electrons. The van der Waals surface area contributed by atoms with Crippen LogP contribution in [0, 0.1) is 5.92 Å². The van der Waals surface area contributed by atoms with E-state index in [9.17, 15) is 8.42 Å². The zero-order chi connectivity index (χ0) is 13.6. The molecule has 1 unspecified atom stereocenters. The zero-order valence-electron chi connectivity index (χ0n) is 11.1. The minimum Gasteiger partial charge on any atom is -0.384 e. The van der Waals surface area contributed by atoms with Crippen LogP contribution in [0.2, 0.25) is 0 Å². The summed E-state index contributed by atoms with van der Waals surface area (Å²) in [4.78, 5) is 0. The van der Waals surface area contributed by atoms with Gasteiger partial charge in [0.25, 0.3) is 0 Å². The van der Waals surface area contributed by atoms with Gasteiger partial charge in [0, 0.05) is 13.2 Å². The van der Waals surface area contributed by atoms with Gasteiger partial charge in [0.1, 0.15) is 0 Å². The van der Waals surface area contributed by atoms with Gasteiger partial charge in [-0.2, -0.15) is 0 Å². The van der Waals surface area contributed by atoms with Gasteiger partial charge in [0.05, 0.1) is 12.4 Å². The highest BCUT2D eigenvalue weighted by molar-refractivity contribution is 7.89. The third-order valence-electron chi connectivity index (χ3n) is 2.69. The Balaban J connectivity index is 2.82. The predicted molar refractivity (Wildman–Crippen MR) is 72.8 cm³/mol. The summed E-state index contributed by atoms with van der Waals surface area (Å²) in [5.74, 6) is 0.171. The molecule has 0 fully saturated rings. The summed E-state index contributed by atoms with van der Waals surface area (Å²) < 4.78 is 31.3. The number of nitrogens with one attached hydrogen (secondary N) is 1. The molecule has 4 nitrogen and oxygen atoms in total. The van der Waals surface area contributed by atoms with Crippen LogP contribution in [0.1, 0.15) is 25.5 Å². The SMILES string of the molecule is COCCS(=O)(=O)NC(c1ccccc1)C(C)C. The van der Waals surface area contributed by atoms with Crippen LogP contribution in [-0.2, 0) is 14.8 Å². The number of sulfonamides is 1. The Morgan fingerprint density at radius 1 is 1.22 bits per heavy atom. The molecule has 0 aromatic heterocycles. The van der Waals surface area contributed by atoms with Crippen molar-refractivity contribution in [1.29, 1.82) is 0 Å². The third kappa shape index (κ3) is 4.76. The first-order valence-electron chi connectivity index (χ1n) is 6.00. The van der Waals surface area contributed by atoms with Crippen molar-refractivity contribution in [3.05, 3.63) is 35.9 Å². The average molecular weight is 271 g/mol. The van der Waals surface area contributed by atoms with Gasteiger partial charge in [0.15, 0.2) is 0 Å². The molecule has 5 heteroatoms. The lowest BCUT2D eigenvalue weighted by Gasteiger charge is -2.22. The number of rotatable bonds is 7. The fraction of sp³-hybridized carbons (Fsp3) is 0.538. The number of hydrogen-bond acceptors (Lipinski definition) is 3. The van der Waals surface area contributed by atoms with Crippen molar-refractivity contribution in [3.8, 4) is 0 Å². The molecule has 1 rings (SSSR count). The summed E-state index contributed by atoms with van der Waals surface area (Å²) in [7, 11) is -1.82. The lowest BCUT2D eigenvalue weighted by atomic mass is 9.97. The van der Waals surface area contributed by atoms with Gasteiger partial charge < -0.3 is 4.74 Å². The Hall–Kier alpha value is -0.910. The highest BCUT2D eigenvalue weighted by Gasteiger charge is 2.21.